The molecule has 1 saturated heterocycles. The highest BCUT2D eigenvalue weighted by atomic mass is 16.2. The fourth-order valence-corrected chi connectivity index (χ4v) is 6.07. The van der Waals surface area contributed by atoms with Crippen LogP contribution in [0.5, 0.6) is 0 Å². The first-order valence-corrected chi connectivity index (χ1v) is 14.2. The monoisotopic (exact) mass is 544 g/mol. The Balaban J connectivity index is 1.53. The third kappa shape index (κ3) is 4.47. The van der Waals surface area contributed by atoms with E-state index in [2.05, 4.69) is 20.2 Å². The van der Waals surface area contributed by atoms with E-state index >= 15 is 0 Å². The van der Waals surface area contributed by atoms with Crippen molar-refractivity contribution in [3.8, 4) is 0 Å². The number of para-hydroxylation sites is 1. The van der Waals surface area contributed by atoms with Crippen LogP contribution in [0.3, 0.4) is 0 Å². The Morgan fingerprint density at radius 1 is 1.10 bits per heavy atom. The molecule has 1 aromatic carbocycles. The summed E-state index contributed by atoms with van der Waals surface area (Å²) in [7, 11) is 1.62. The van der Waals surface area contributed by atoms with Crippen LogP contribution in [0.4, 0.5) is 5.82 Å². The van der Waals surface area contributed by atoms with Crippen LogP contribution < -0.4 is 27.2 Å². The molecule has 1 atom stereocenters. The second kappa shape index (κ2) is 10.5. The molecule has 3 N–H and O–H groups in total. The molecular formula is C29H36N8O3. The maximum atomic E-state index is 14.1. The van der Waals surface area contributed by atoms with Gasteiger partial charge in [-0.25, -0.2) is 14.8 Å². The molecule has 2 fully saturated rings. The van der Waals surface area contributed by atoms with E-state index in [9.17, 15) is 14.4 Å². The van der Waals surface area contributed by atoms with Gasteiger partial charge in [-0.3, -0.25) is 18.7 Å². The van der Waals surface area contributed by atoms with Crippen molar-refractivity contribution in [1.82, 2.24) is 29.0 Å². The molecule has 4 heterocycles. The van der Waals surface area contributed by atoms with E-state index < -0.39 is 11.2 Å². The molecule has 1 saturated carbocycles. The maximum Gasteiger partial charge on any atom is 0.331 e. The van der Waals surface area contributed by atoms with Gasteiger partial charge in [-0.1, -0.05) is 24.6 Å². The molecule has 6 rings (SSSR count). The molecule has 210 valence electrons. The number of aryl methyl sites for hydroxylation is 2. The van der Waals surface area contributed by atoms with Gasteiger partial charge in [-0.15, -0.1) is 0 Å². The summed E-state index contributed by atoms with van der Waals surface area (Å²) < 4.78 is 4.47. The van der Waals surface area contributed by atoms with Crippen molar-refractivity contribution in [2.45, 2.75) is 58.2 Å². The average Bonchev–Trinajstić information content (AvgIpc) is 3.29. The highest BCUT2D eigenvalue weighted by molar-refractivity contribution is 6.11. The van der Waals surface area contributed by atoms with Crippen molar-refractivity contribution >= 4 is 33.7 Å². The van der Waals surface area contributed by atoms with Crippen molar-refractivity contribution in [2.24, 2.45) is 18.7 Å². The smallest absolute Gasteiger partial charge is 0.331 e. The van der Waals surface area contributed by atoms with Gasteiger partial charge in [0, 0.05) is 50.9 Å². The second-order valence-electron chi connectivity index (χ2n) is 11.1. The minimum absolute atomic E-state index is 0.0338. The zero-order chi connectivity index (χ0) is 28.0. The largest absolute Gasteiger partial charge is 0.356 e. The van der Waals surface area contributed by atoms with E-state index in [0.29, 0.717) is 53.8 Å². The Kier molecular flexibility index (Phi) is 6.91. The van der Waals surface area contributed by atoms with Gasteiger partial charge in [0.1, 0.15) is 22.7 Å². The number of hydrogen-bond acceptors (Lipinski definition) is 7. The lowest BCUT2D eigenvalue weighted by Crippen LogP contribution is -2.44. The van der Waals surface area contributed by atoms with Gasteiger partial charge in [0.15, 0.2) is 0 Å². The van der Waals surface area contributed by atoms with E-state index in [1.54, 1.807) is 13.2 Å². The minimum atomic E-state index is -0.516. The van der Waals surface area contributed by atoms with Gasteiger partial charge >= 0.3 is 5.69 Å². The molecule has 0 unspecified atom stereocenters. The summed E-state index contributed by atoms with van der Waals surface area (Å²) in [5.74, 6) is 1.24. The summed E-state index contributed by atoms with van der Waals surface area (Å²) in [6.45, 7) is 4.21. The van der Waals surface area contributed by atoms with Crippen LogP contribution in [0.15, 0.2) is 40.1 Å². The van der Waals surface area contributed by atoms with Crippen molar-refractivity contribution in [1.29, 1.82) is 0 Å². The third-order valence-corrected chi connectivity index (χ3v) is 8.43. The number of piperidine rings is 1. The summed E-state index contributed by atoms with van der Waals surface area (Å²) in [5.41, 5.74) is 7.16. The molecule has 11 heteroatoms. The number of nitrogens with zero attached hydrogens (tertiary/aromatic N) is 6. The number of fused-ring (bicyclic) bond motifs is 2. The summed E-state index contributed by atoms with van der Waals surface area (Å²) in [6.07, 6.45) is 6.88. The maximum absolute atomic E-state index is 14.1. The lowest BCUT2D eigenvalue weighted by atomic mass is 9.85. The van der Waals surface area contributed by atoms with Crippen LogP contribution >= 0.6 is 0 Å². The number of carbonyl (C=O) groups excluding carboxylic acids is 1. The van der Waals surface area contributed by atoms with E-state index in [-0.39, 0.29) is 18.5 Å². The van der Waals surface area contributed by atoms with Crippen LogP contribution in [0, 0.1) is 5.92 Å². The first kappa shape index (κ1) is 26.2. The number of anilines is 1. The minimum Gasteiger partial charge on any atom is -0.356 e. The summed E-state index contributed by atoms with van der Waals surface area (Å²) in [5, 5.41) is 3.98. The van der Waals surface area contributed by atoms with E-state index in [1.807, 2.05) is 35.8 Å². The zero-order valence-electron chi connectivity index (χ0n) is 23.1. The molecule has 1 aliphatic carbocycles. The Hall–Kier alpha value is -3.99. The van der Waals surface area contributed by atoms with Crippen molar-refractivity contribution in [2.75, 3.05) is 24.5 Å². The Labute approximate surface area is 231 Å². The third-order valence-electron chi connectivity index (χ3n) is 8.43. The average molecular weight is 545 g/mol. The topological polar surface area (TPSA) is 133 Å². The van der Waals surface area contributed by atoms with Gasteiger partial charge in [0.05, 0.1) is 17.6 Å². The van der Waals surface area contributed by atoms with E-state index in [1.165, 1.54) is 15.6 Å². The predicted octanol–water partition coefficient (Wildman–Crippen LogP) is 1.97. The number of benzene rings is 1. The standard InChI is InChI=1S/C29H36N8O3/c1-3-36-25-24(23(26(38)32-14-18-8-6-9-18)27(36)35-13-7-11-20(30)16-35)34(2)29(40)37(28(25)39)17-22-31-15-19-10-4-5-12-21(19)33-22/h4-5,10,12,15,18,20H,3,6-9,11,13-14,16-17,30H2,1-2H3,(H,32,38)/t20-/m1/s1. The SMILES string of the molecule is CCn1c(N2CCC[C@@H](N)C2)c(C(=O)NCC2CCC2)c2c1c(=O)n(Cc1ncc3ccccc3n1)c(=O)n2C. The highest BCUT2D eigenvalue weighted by Gasteiger charge is 2.33. The molecular weight excluding hydrogens is 508 g/mol. The first-order chi connectivity index (χ1) is 19.4. The van der Waals surface area contributed by atoms with E-state index in [0.717, 1.165) is 43.1 Å². The number of nitrogens with one attached hydrogen (secondary N) is 1. The van der Waals surface area contributed by atoms with Crippen LogP contribution in [-0.2, 0) is 20.1 Å². The zero-order valence-corrected chi connectivity index (χ0v) is 23.1. The van der Waals surface area contributed by atoms with Crippen molar-refractivity contribution in [3.63, 3.8) is 0 Å². The van der Waals surface area contributed by atoms with Crippen molar-refractivity contribution in [3.05, 3.63) is 62.7 Å². The van der Waals surface area contributed by atoms with E-state index in [4.69, 9.17) is 5.73 Å². The Bertz CT molecular complexity index is 1710. The molecule has 3 aromatic heterocycles. The van der Waals surface area contributed by atoms with Crippen LogP contribution in [0.1, 0.15) is 55.2 Å². The van der Waals surface area contributed by atoms with Crippen LogP contribution in [-0.4, -0.2) is 55.3 Å². The van der Waals surface area contributed by atoms with Crippen molar-refractivity contribution < 1.29 is 4.79 Å². The number of nitrogens with two attached hydrogens (primary N) is 1. The molecule has 0 radical (unpaired) electrons. The molecule has 0 spiro atoms. The number of hydrogen-bond donors (Lipinski definition) is 2. The first-order valence-electron chi connectivity index (χ1n) is 14.2. The summed E-state index contributed by atoms with van der Waals surface area (Å²) >= 11 is 0. The molecule has 40 heavy (non-hydrogen) atoms. The Morgan fingerprint density at radius 2 is 1.90 bits per heavy atom. The second-order valence-corrected chi connectivity index (χ2v) is 11.1. The lowest BCUT2D eigenvalue weighted by molar-refractivity contribution is 0.0940. The Morgan fingerprint density at radius 3 is 2.62 bits per heavy atom. The fraction of sp³-hybridized carbons (Fsp3) is 0.483. The van der Waals surface area contributed by atoms with Gasteiger partial charge in [-0.2, -0.15) is 0 Å². The van der Waals surface area contributed by atoms with Gasteiger partial charge in [0.2, 0.25) is 0 Å². The van der Waals surface area contributed by atoms with Crippen LogP contribution in [0.2, 0.25) is 0 Å². The van der Waals surface area contributed by atoms with Gasteiger partial charge in [0.25, 0.3) is 11.5 Å². The normalized spacial score (nSPS) is 17.9. The number of rotatable bonds is 7. The molecule has 2 aliphatic rings. The number of amides is 1. The highest BCUT2D eigenvalue weighted by Crippen LogP contribution is 2.33. The number of carbonyl (C=O) groups is 1. The quantitative estimate of drug-likeness (QED) is 0.363. The number of aromatic nitrogens is 5. The molecule has 4 aromatic rings. The predicted molar refractivity (Wildman–Crippen MR) is 155 cm³/mol. The summed E-state index contributed by atoms with van der Waals surface area (Å²) in [4.78, 5) is 52.7. The fourth-order valence-electron chi connectivity index (χ4n) is 6.07. The molecule has 11 nitrogen and oxygen atoms in total. The lowest BCUT2D eigenvalue weighted by Gasteiger charge is -2.34. The van der Waals surface area contributed by atoms with Gasteiger partial charge in [-0.05, 0) is 44.6 Å². The molecule has 1 amide bonds. The molecule has 0 bridgehead atoms. The molecule has 1 aliphatic heterocycles. The summed E-state index contributed by atoms with van der Waals surface area (Å²) in [6, 6.07) is 7.54. The van der Waals surface area contributed by atoms with Crippen LogP contribution in [0.25, 0.3) is 21.9 Å². The van der Waals surface area contributed by atoms with Gasteiger partial charge < -0.3 is 20.5 Å².